The van der Waals surface area contributed by atoms with Crippen LogP contribution in [0.1, 0.15) is 56.1 Å². The Morgan fingerprint density at radius 2 is 1.59 bits per heavy atom. The second-order valence-corrected chi connectivity index (χ2v) is 11.0. The van der Waals surface area contributed by atoms with E-state index in [4.69, 9.17) is 22.3 Å². The van der Waals surface area contributed by atoms with Gasteiger partial charge >= 0.3 is 0 Å². The smallest absolute Gasteiger partial charge is 0.242 e. The van der Waals surface area contributed by atoms with Crippen molar-refractivity contribution >= 4 is 29.5 Å². The molecule has 1 saturated heterocycles. The first-order valence-corrected chi connectivity index (χ1v) is 13.9. The number of hydrogen-bond acceptors (Lipinski definition) is 5. The highest BCUT2D eigenvalue weighted by Crippen LogP contribution is 2.27. The number of piperidine rings is 1. The van der Waals surface area contributed by atoms with Crippen LogP contribution in [0.5, 0.6) is 0 Å². The first-order chi connectivity index (χ1) is 18.6. The lowest BCUT2D eigenvalue weighted by atomic mass is 9.83. The number of benzene rings is 1. The summed E-state index contributed by atoms with van der Waals surface area (Å²) in [6.45, 7) is 1.90. The Bertz CT molecular complexity index is 1030. The van der Waals surface area contributed by atoms with E-state index in [1.165, 1.54) is 4.90 Å². The van der Waals surface area contributed by atoms with Crippen molar-refractivity contribution in [2.24, 2.45) is 29.2 Å². The fourth-order valence-electron chi connectivity index (χ4n) is 5.51. The molecule has 11 nitrogen and oxygen atoms in total. The molecule has 1 heterocycles. The second-order valence-electron chi connectivity index (χ2n) is 11.0. The predicted molar refractivity (Wildman–Crippen MR) is 151 cm³/mol. The molecule has 214 valence electrons. The lowest BCUT2D eigenvalue weighted by Crippen LogP contribution is -2.55. The van der Waals surface area contributed by atoms with Gasteiger partial charge in [0, 0.05) is 39.3 Å². The first-order valence-electron chi connectivity index (χ1n) is 13.9. The maximum atomic E-state index is 13.6. The normalized spacial score (nSPS) is 18.1. The molecule has 0 aromatic heterocycles. The number of nitrogen functional groups attached to an aromatic ring is 1. The Labute approximate surface area is 231 Å². The minimum Gasteiger partial charge on any atom is -0.384 e. The van der Waals surface area contributed by atoms with Crippen LogP contribution in [-0.2, 0) is 20.8 Å². The minimum absolute atomic E-state index is 0.0206. The van der Waals surface area contributed by atoms with E-state index in [9.17, 15) is 14.4 Å². The van der Waals surface area contributed by atoms with E-state index in [0.29, 0.717) is 25.2 Å². The van der Waals surface area contributed by atoms with Gasteiger partial charge in [-0.3, -0.25) is 25.2 Å². The number of amidine groups is 1. The lowest BCUT2D eigenvalue weighted by Gasteiger charge is -2.34. The molecule has 1 saturated carbocycles. The molecule has 0 spiro atoms. The molecule has 0 radical (unpaired) electrons. The molecule has 3 amide bonds. The van der Waals surface area contributed by atoms with Crippen molar-refractivity contribution in [2.45, 2.75) is 57.4 Å². The fraction of sp³-hybridized carbons (Fsp3) is 0.607. The molecule has 1 aromatic carbocycles. The van der Waals surface area contributed by atoms with Gasteiger partial charge in [-0.05, 0) is 49.5 Å². The van der Waals surface area contributed by atoms with Gasteiger partial charge in [-0.2, -0.15) is 0 Å². The Morgan fingerprint density at radius 1 is 0.974 bits per heavy atom. The van der Waals surface area contributed by atoms with Gasteiger partial charge in [0.2, 0.25) is 17.7 Å². The van der Waals surface area contributed by atoms with Crippen LogP contribution in [0, 0.1) is 28.6 Å². The number of nitrogens with one attached hydrogen (secondary N) is 4. The number of rotatable bonds is 10. The zero-order valence-corrected chi connectivity index (χ0v) is 23.2. The molecule has 2 atom stereocenters. The summed E-state index contributed by atoms with van der Waals surface area (Å²) in [5.74, 6) is -1.64. The largest absolute Gasteiger partial charge is 0.384 e. The number of guanidine groups is 1. The Morgan fingerprint density at radius 3 is 2.13 bits per heavy atom. The topological polar surface area (TPSA) is 181 Å². The van der Waals surface area contributed by atoms with E-state index >= 15 is 0 Å². The number of hydrogen-bond donors (Lipinski definition) is 6. The standard InChI is InChI=1S/C28H44N8O3/c1-35(2)27(39)22(16-18-8-10-21(11-9-18)24(29)30)25(37)34-23(20-6-4-3-5-7-20)26(38)33-17-19-12-14-36(15-13-19)28(31)32/h8-11,19-20,22-23H,3-7,12-17H2,1-2H3,(H3,29,30)(H3,31,32)(H,33,38)(H,34,37)/t22?,23-/m0/s1. The third-order valence-corrected chi connectivity index (χ3v) is 7.98. The van der Waals surface area contributed by atoms with Gasteiger partial charge in [-0.15, -0.1) is 0 Å². The van der Waals surface area contributed by atoms with Crippen LogP contribution in [-0.4, -0.2) is 79.1 Å². The van der Waals surface area contributed by atoms with E-state index in [1.54, 1.807) is 38.4 Å². The number of likely N-dealkylation sites (tertiary alicyclic amines) is 1. The Balaban J connectivity index is 1.70. The van der Waals surface area contributed by atoms with Gasteiger partial charge in [0.05, 0.1) is 0 Å². The van der Waals surface area contributed by atoms with Crippen LogP contribution in [0.4, 0.5) is 0 Å². The van der Waals surface area contributed by atoms with E-state index in [1.807, 2.05) is 4.90 Å². The van der Waals surface area contributed by atoms with Crippen LogP contribution in [0.2, 0.25) is 0 Å². The zero-order valence-electron chi connectivity index (χ0n) is 23.2. The van der Waals surface area contributed by atoms with Crippen LogP contribution in [0.15, 0.2) is 24.3 Å². The summed E-state index contributed by atoms with van der Waals surface area (Å²) in [5.41, 5.74) is 12.5. The van der Waals surface area contributed by atoms with Crippen LogP contribution in [0.3, 0.4) is 0 Å². The number of carbonyl (C=O) groups excluding carboxylic acids is 3. The summed E-state index contributed by atoms with van der Waals surface area (Å²) < 4.78 is 0. The van der Waals surface area contributed by atoms with E-state index < -0.39 is 17.9 Å². The van der Waals surface area contributed by atoms with E-state index in [2.05, 4.69) is 10.6 Å². The first kappa shape index (κ1) is 29.9. The molecule has 8 N–H and O–H groups in total. The van der Waals surface area contributed by atoms with Crippen molar-refractivity contribution in [3.05, 3.63) is 35.4 Å². The summed E-state index contributed by atoms with van der Waals surface area (Å²) in [6.07, 6.45) is 6.69. The number of amides is 3. The SMILES string of the molecule is CN(C)C(=O)C(Cc1ccc(C(=N)N)cc1)C(=O)N[C@H](C(=O)NCC1CCN(C(=N)N)CC1)C1CCCCC1. The van der Waals surface area contributed by atoms with Crippen molar-refractivity contribution in [1.82, 2.24) is 20.4 Å². The lowest BCUT2D eigenvalue weighted by molar-refractivity contribution is -0.142. The molecule has 1 aromatic rings. The summed E-state index contributed by atoms with van der Waals surface area (Å²) >= 11 is 0. The number of carbonyl (C=O) groups is 3. The average Bonchev–Trinajstić information content (AvgIpc) is 2.93. The molecular weight excluding hydrogens is 496 g/mol. The van der Waals surface area contributed by atoms with Crippen molar-refractivity contribution in [1.29, 1.82) is 10.8 Å². The molecule has 0 bridgehead atoms. The fourth-order valence-corrected chi connectivity index (χ4v) is 5.51. The number of nitrogens with zero attached hydrogens (tertiary/aromatic N) is 2. The molecular formula is C28H44N8O3. The van der Waals surface area contributed by atoms with Gasteiger partial charge in [-0.25, -0.2) is 0 Å². The molecule has 2 fully saturated rings. The zero-order chi connectivity index (χ0) is 28.5. The van der Waals surface area contributed by atoms with Crippen molar-refractivity contribution in [3.63, 3.8) is 0 Å². The highest BCUT2D eigenvalue weighted by Gasteiger charge is 2.36. The maximum absolute atomic E-state index is 13.6. The molecule has 11 heteroatoms. The van der Waals surface area contributed by atoms with Crippen LogP contribution < -0.4 is 22.1 Å². The summed E-state index contributed by atoms with van der Waals surface area (Å²) in [7, 11) is 3.23. The van der Waals surface area contributed by atoms with E-state index in [0.717, 1.165) is 50.5 Å². The molecule has 39 heavy (non-hydrogen) atoms. The van der Waals surface area contributed by atoms with Gasteiger partial charge in [0.15, 0.2) is 5.96 Å². The maximum Gasteiger partial charge on any atom is 0.242 e. The third-order valence-electron chi connectivity index (χ3n) is 7.98. The second kappa shape index (κ2) is 14.0. The quantitative estimate of drug-likeness (QED) is 0.146. The van der Waals surface area contributed by atoms with E-state index in [-0.39, 0.29) is 41.9 Å². The van der Waals surface area contributed by atoms with Gasteiger partial charge in [0.1, 0.15) is 17.8 Å². The number of nitrogens with two attached hydrogens (primary N) is 2. The third kappa shape index (κ3) is 8.43. The molecule has 1 unspecified atom stereocenters. The molecule has 1 aliphatic carbocycles. The predicted octanol–water partition coefficient (Wildman–Crippen LogP) is 1.00. The van der Waals surface area contributed by atoms with Crippen LogP contribution in [0.25, 0.3) is 0 Å². The van der Waals surface area contributed by atoms with Crippen molar-refractivity contribution in [3.8, 4) is 0 Å². The summed E-state index contributed by atoms with van der Waals surface area (Å²) in [5, 5.41) is 21.2. The monoisotopic (exact) mass is 540 g/mol. The molecule has 2 aliphatic rings. The van der Waals surface area contributed by atoms with Gasteiger partial charge in [-0.1, -0.05) is 43.5 Å². The Hall–Kier alpha value is -3.63. The average molecular weight is 541 g/mol. The molecule has 3 rings (SSSR count). The molecule has 1 aliphatic heterocycles. The minimum atomic E-state index is -0.988. The van der Waals surface area contributed by atoms with Crippen molar-refractivity contribution < 1.29 is 14.4 Å². The van der Waals surface area contributed by atoms with Crippen molar-refractivity contribution in [2.75, 3.05) is 33.7 Å². The highest BCUT2D eigenvalue weighted by molar-refractivity contribution is 6.02. The van der Waals surface area contributed by atoms with Gasteiger partial charge in [0.25, 0.3) is 0 Å². The highest BCUT2D eigenvalue weighted by atomic mass is 16.2. The Kier molecular flexibility index (Phi) is 10.7. The van der Waals surface area contributed by atoms with Gasteiger partial charge < -0.3 is 31.9 Å². The summed E-state index contributed by atoms with van der Waals surface area (Å²) in [4.78, 5) is 43.4. The van der Waals surface area contributed by atoms with Crippen LogP contribution >= 0.6 is 0 Å². The summed E-state index contributed by atoms with van der Waals surface area (Å²) in [6, 6.07) is 6.23.